The minimum absolute atomic E-state index is 0.290. The lowest BCUT2D eigenvalue weighted by molar-refractivity contribution is -0.130. The summed E-state index contributed by atoms with van der Waals surface area (Å²) in [5, 5.41) is 9.27. The largest absolute Gasteiger partial charge is 0.478 e. The first-order valence-corrected chi connectivity index (χ1v) is 6.22. The molecule has 0 unspecified atom stereocenters. The van der Waals surface area contributed by atoms with E-state index < -0.39 is 5.97 Å². The van der Waals surface area contributed by atoms with Gasteiger partial charge >= 0.3 is 5.97 Å². The van der Waals surface area contributed by atoms with Crippen LogP contribution < -0.4 is 0 Å². The molecule has 0 heterocycles. The summed E-state index contributed by atoms with van der Waals surface area (Å²) < 4.78 is 0.969. The van der Waals surface area contributed by atoms with Crippen LogP contribution in [0.4, 0.5) is 0 Å². The Morgan fingerprint density at radius 2 is 1.61 bits per heavy atom. The highest BCUT2D eigenvalue weighted by Gasteiger charge is 2.09. The SMILES string of the molecule is O=C(O)C(=Cc1ccc(Br)cc1)c1ccccc1. The molecule has 3 heteroatoms. The van der Waals surface area contributed by atoms with Crippen molar-refractivity contribution in [2.45, 2.75) is 0 Å². The van der Waals surface area contributed by atoms with Crippen molar-refractivity contribution in [3.63, 3.8) is 0 Å². The lowest BCUT2D eigenvalue weighted by Crippen LogP contribution is -1.99. The molecule has 0 bridgehead atoms. The number of carbonyl (C=O) groups is 1. The number of aliphatic carboxylic acids is 1. The number of carboxylic acid groups (broad SMARTS) is 1. The number of hydrogen-bond acceptors (Lipinski definition) is 1. The van der Waals surface area contributed by atoms with Crippen LogP contribution in [0.2, 0.25) is 0 Å². The van der Waals surface area contributed by atoms with E-state index in [2.05, 4.69) is 15.9 Å². The van der Waals surface area contributed by atoms with Crippen LogP contribution in [0.25, 0.3) is 11.6 Å². The fourth-order valence-electron chi connectivity index (χ4n) is 1.61. The van der Waals surface area contributed by atoms with Crippen molar-refractivity contribution < 1.29 is 9.90 Å². The number of carboxylic acids is 1. The molecule has 1 N–H and O–H groups in total. The molecule has 0 atom stereocenters. The molecule has 2 aromatic carbocycles. The molecule has 18 heavy (non-hydrogen) atoms. The van der Waals surface area contributed by atoms with Crippen LogP contribution >= 0.6 is 15.9 Å². The molecule has 0 fully saturated rings. The highest BCUT2D eigenvalue weighted by atomic mass is 79.9. The van der Waals surface area contributed by atoms with Gasteiger partial charge in [-0.2, -0.15) is 0 Å². The Morgan fingerprint density at radius 3 is 2.17 bits per heavy atom. The molecule has 0 saturated carbocycles. The third kappa shape index (κ3) is 3.08. The highest BCUT2D eigenvalue weighted by molar-refractivity contribution is 9.10. The Balaban J connectivity index is 2.43. The summed E-state index contributed by atoms with van der Waals surface area (Å²) in [7, 11) is 0. The van der Waals surface area contributed by atoms with Gasteiger partial charge in [0.1, 0.15) is 0 Å². The second-order valence-electron chi connectivity index (χ2n) is 3.78. The minimum atomic E-state index is -0.927. The number of rotatable bonds is 3. The first-order valence-electron chi connectivity index (χ1n) is 5.43. The number of hydrogen-bond donors (Lipinski definition) is 1. The molecule has 0 aliphatic heterocycles. The van der Waals surface area contributed by atoms with Crippen LogP contribution in [0.3, 0.4) is 0 Å². The fraction of sp³-hybridized carbons (Fsp3) is 0. The summed E-state index contributed by atoms with van der Waals surface area (Å²) in [6, 6.07) is 16.6. The van der Waals surface area contributed by atoms with Crippen molar-refractivity contribution in [2.24, 2.45) is 0 Å². The highest BCUT2D eigenvalue weighted by Crippen LogP contribution is 2.19. The van der Waals surface area contributed by atoms with E-state index in [9.17, 15) is 9.90 Å². The molecule has 0 saturated heterocycles. The lowest BCUT2D eigenvalue weighted by atomic mass is 10.0. The van der Waals surface area contributed by atoms with Gasteiger partial charge in [-0.15, -0.1) is 0 Å². The predicted octanol–water partition coefficient (Wildman–Crippen LogP) is 4.07. The molecule has 2 rings (SSSR count). The van der Waals surface area contributed by atoms with Gasteiger partial charge in [0.05, 0.1) is 5.57 Å². The summed E-state index contributed by atoms with van der Waals surface area (Å²) in [5.41, 5.74) is 1.85. The molecule has 0 aromatic heterocycles. The Morgan fingerprint density at radius 1 is 1.00 bits per heavy atom. The van der Waals surface area contributed by atoms with Crippen molar-refractivity contribution in [1.82, 2.24) is 0 Å². The fourth-order valence-corrected chi connectivity index (χ4v) is 1.88. The summed E-state index contributed by atoms with van der Waals surface area (Å²) in [4.78, 5) is 11.3. The Labute approximate surface area is 114 Å². The summed E-state index contributed by atoms with van der Waals surface area (Å²) >= 11 is 3.35. The van der Waals surface area contributed by atoms with Gasteiger partial charge in [0.25, 0.3) is 0 Å². The van der Waals surface area contributed by atoms with Crippen LogP contribution in [0.15, 0.2) is 59.1 Å². The van der Waals surface area contributed by atoms with Crippen LogP contribution in [0.5, 0.6) is 0 Å². The maximum absolute atomic E-state index is 11.3. The molecule has 2 nitrogen and oxygen atoms in total. The summed E-state index contributed by atoms with van der Waals surface area (Å²) in [6.07, 6.45) is 1.67. The van der Waals surface area contributed by atoms with Gasteiger partial charge < -0.3 is 5.11 Å². The first kappa shape index (κ1) is 12.6. The Hall–Kier alpha value is -1.87. The molecule has 90 valence electrons. The van der Waals surface area contributed by atoms with E-state index >= 15 is 0 Å². The second-order valence-corrected chi connectivity index (χ2v) is 4.70. The lowest BCUT2D eigenvalue weighted by Gasteiger charge is -2.03. The molecule has 0 radical (unpaired) electrons. The molecule has 0 spiro atoms. The van der Waals surface area contributed by atoms with Gasteiger partial charge in [-0.05, 0) is 29.3 Å². The second kappa shape index (κ2) is 5.65. The first-order chi connectivity index (χ1) is 8.66. The summed E-state index contributed by atoms with van der Waals surface area (Å²) in [6.45, 7) is 0. The minimum Gasteiger partial charge on any atom is -0.478 e. The molecular weight excluding hydrogens is 292 g/mol. The maximum atomic E-state index is 11.3. The average Bonchev–Trinajstić information content (AvgIpc) is 2.38. The smallest absolute Gasteiger partial charge is 0.336 e. The van der Waals surface area contributed by atoms with Crippen molar-refractivity contribution >= 4 is 33.5 Å². The maximum Gasteiger partial charge on any atom is 0.336 e. The average molecular weight is 303 g/mol. The van der Waals surface area contributed by atoms with Crippen LogP contribution in [-0.2, 0) is 4.79 Å². The van der Waals surface area contributed by atoms with E-state index in [0.29, 0.717) is 5.56 Å². The van der Waals surface area contributed by atoms with Crippen LogP contribution in [-0.4, -0.2) is 11.1 Å². The Kier molecular flexibility index (Phi) is 3.95. The van der Waals surface area contributed by atoms with Crippen molar-refractivity contribution in [2.75, 3.05) is 0 Å². The van der Waals surface area contributed by atoms with E-state index in [0.717, 1.165) is 10.0 Å². The molecule has 0 aliphatic carbocycles. The van der Waals surface area contributed by atoms with E-state index in [1.165, 1.54) is 0 Å². The zero-order valence-corrected chi connectivity index (χ0v) is 11.1. The molecular formula is C15H11BrO2. The van der Waals surface area contributed by atoms with Gasteiger partial charge in [0, 0.05) is 4.47 Å². The topological polar surface area (TPSA) is 37.3 Å². The zero-order chi connectivity index (χ0) is 13.0. The predicted molar refractivity (Wildman–Crippen MR) is 76.1 cm³/mol. The van der Waals surface area contributed by atoms with Gasteiger partial charge in [-0.3, -0.25) is 0 Å². The number of benzene rings is 2. The van der Waals surface area contributed by atoms with Crippen LogP contribution in [0, 0.1) is 0 Å². The van der Waals surface area contributed by atoms with E-state index in [4.69, 9.17) is 0 Å². The third-order valence-corrected chi connectivity index (χ3v) is 3.02. The Bertz CT molecular complexity index is 571. The van der Waals surface area contributed by atoms with Crippen molar-refractivity contribution in [1.29, 1.82) is 0 Å². The third-order valence-electron chi connectivity index (χ3n) is 2.50. The summed E-state index contributed by atoms with van der Waals surface area (Å²) in [5.74, 6) is -0.927. The number of halogens is 1. The van der Waals surface area contributed by atoms with Crippen LogP contribution in [0.1, 0.15) is 11.1 Å². The zero-order valence-electron chi connectivity index (χ0n) is 9.51. The van der Waals surface area contributed by atoms with E-state index in [1.54, 1.807) is 18.2 Å². The van der Waals surface area contributed by atoms with E-state index in [-0.39, 0.29) is 5.57 Å². The van der Waals surface area contributed by atoms with Gasteiger partial charge in [0.2, 0.25) is 0 Å². The van der Waals surface area contributed by atoms with E-state index in [1.807, 2.05) is 42.5 Å². The standard InChI is InChI=1S/C15H11BrO2/c16-13-8-6-11(7-9-13)10-14(15(17)18)12-4-2-1-3-5-12/h1-10H,(H,17,18). The van der Waals surface area contributed by atoms with Crippen molar-refractivity contribution in [3.8, 4) is 0 Å². The van der Waals surface area contributed by atoms with Crippen molar-refractivity contribution in [3.05, 3.63) is 70.2 Å². The molecule has 2 aromatic rings. The normalized spacial score (nSPS) is 11.3. The van der Waals surface area contributed by atoms with Gasteiger partial charge in [0.15, 0.2) is 0 Å². The molecule has 0 aliphatic rings. The monoisotopic (exact) mass is 302 g/mol. The van der Waals surface area contributed by atoms with Gasteiger partial charge in [-0.25, -0.2) is 4.79 Å². The van der Waals surface area contributed by atoms with Gasteiger partial charge in [-0.1, -0.05) is 58.4 Å². The quantitative estimate of drug-likeness (QED) is 0.685. The molecule has 0 amide bonds.